The van der Waals surface area contributed by atoms with Gasteiger partial charge in [-0.15, -0.1) is 0 Å². The highest BCUT2D eigenvalue weighted by molar-refractivity contribution is 6.64. The molecular formula is C32H42BFN2O4. The zero-order chi connectivity index (χ0) is 29.2. The molecule has 0 radical (unpaired) electrons. The molecule has 0 spiro atoms. The first-order valence-corrected chi connectivity index (χ1v) is 14.3. The molecule has 1 N–H and O–H groups in total. The minimum atomic E-state index is -0.722. The number of hydrogen-bond donors (Lipinski definition) is 1. The lowest BCUT2D eigenvalue weighted by Gasteiger charge is -2.37. The number of para-hydroxylation sites is 1. The molecule has 1 unspecified atom stereocenters. The predicted molar refractivity (Wildman–Crippen MR) is 161 cm³/mol. The van der Waals surface area contributed by atoms with Crippen LogP contribution in [0, 0.1) is 25.1 Å². The van der Waals surface area contributed by atoms with Crippen LogP contribution in [0.25, 0.3) is 11.0 Å². The molecule has 2 aliphatic heterocycles. The Kier molecular flexibility index (Phi) is 7.11. The summed E-state index contributed by atoms with van der Waals surface area (Å²) >= 11 is 0. The van der Waals surface area contributed by atoms with E-state index in [1.807, 2.05) is 66.7 Å². The lowest BCUT2D eigenvalue weighted by molar-refractivity contribution is 0.00578. The van der Waals surface area contributed by atoms with E-state index in [4.69, 9.17) is 13.7 Å². The van der Waals surface area contributed by atoms with E-state index in [0.29, 0.717) is 33.6 Å². The molecule has 40 heavy (non-hydrogen) atoms. The summed E-state index contributed by atoms with van der Waals surface area (Å²) in [5, 5.41) is 3.92. The van der Waals surface area contributed by atoms with Gasteiger partial charge in [0.05, 0.1) is 33.9 Å². The second-order valence-corrected chi connectivity index (χ2v) is 13.4. The summed E-state index contributed by atoms with van der Waals surface area (Å²) in [6, 6.07) is 8.44. The van der Waals surface area contributed by atoms with Gasteiger partial charge in [-0.2, -0.15) is 0 Å². The molecule has 2 saturated heterocycles. The molecule has 0 bridgehead atoms. The number of anilines is 2. The van der Waals surface area contributed by atoms with Crippen molar-refractivity contribution in [3.63, 3.8) is 0 Å². The van der Waals surface area contributed by atoms with Crippen molar-refractivity contribution >= 4 is 35.1 Å². The van der Waals surface area contributed by atoms with Crippen LogP contribution in [-0.2, 0) is 9.31 Å². The number of nitrogens with zero attached hydrogens (tertiary/aromatic N) is 1. The molecule has 3 aromatic rings. The van der Waals surface area contributed by atoms with Gasteiger partial charge in [-0.1, -0.05) is 32.0 Å². The van der Waals surface area contributed by atoms with Gasteiger partial charge in [-0.3, -0.25) is 4.79 Å². The number of fused-ring (bicyclic) bond motifs is 1. The highest BCUT2D eigenvalue weighted by Gasteiger charge is 2.52. The van der Waals surface area contributed by atoms with Gasteiger partial charge in [0.1, 0.15) is 11.4 Å². The highest BCUT2D eigenvalue weighted by Crippen LogP contribution is 2.38. The summed E-state index contributed by atoms with van der Waals surface area (Å²) in [6.45, 7) is 19.9. The van der Waals surface area contributed by atoms with Crippen LogP contribution in [0.3, 0.4) is 0 Å². The third-order valence-electron chi connectivity index (χ3n) is 9.15. The fourth-order valence-corrected chi connectivity index (χ4v) is 5.65. The fraction of sp³-hybridized carbons (Fsp3) is 0.531. The molecule has 0 saturated carbocycles. The maximum absolute atomic E-state index is 15.4. The average Bonchev–Trinajstić information content (AvgIpc) is 3.09. The Labute approximate surface area is 237 Å². The van der Waals surface area contributed by atoms with Crippen LogP contribution < -0.4 is 21.1 Å². The zero-order valence-electron chi connectivity index (χ0n) is 25.3. The van der Waals surface area contributed by atoms with E-state index in [-0.39, 0.29) is 16.9 Å². The molecule has 5 rings (SSSR count). The monoisotopic (exact) mass is 548 g/mol. The quantitative estimate of drug-likeness (QED) is 0.361. The first-order valence-electron chi connectivity index (χ1n) is 14.3. The molecule has 0 aliphatic carbocycles. The lowest BCUT2D eigenvalue weighted by Crippen LogP contribution is -2.41. The number of rotatable bonds is 5. The van der Waals surface area contributed by atoms with Crippen molar-refractivity contribution in [2.75, 3.05) is 23.3 Å². The smallest absolute Gasteiger partial charge is 0.440 e. The Bertz CT molecular complexity index is 1490. The fourth-order valence-electron chi connectivity index (χ4n) is 5.65. The van der Waals surface area contributed by atoms with E-state index < -0.39 is 24.1 Å². The molecule has 6 nitrogen and oxygen atoms in total. The minimum absolute atomic E-state index is 0.0259. The number of aryl methyl sites for hydroxylation is 1. The van der Waals surface area contributed by atoms with Crippen LogP contribution in [0.4, 0.5) is 16.0 Å². The van der Waals surface area contributed by atoms with E-state index in [2.05, 4.69) is 24.1 Å². The van der Waals surface area contributed by atoms with Crippen LogP contribution in [-0.4, -0.2) is 31.4 Å². The van der Waals surface area contributed by atoms with Crippen molar-refractivity contribution in [3.05, 3.63) is 63.1 Å². The summed E-state index contributed by atoms with van der Waals surface area (Å²) in [6.07, 6.45) is 2.06. The Morgan fingerprint density at radius 2 is 1.62 bits per heavy atom. The minimum Gasteiger partial charge on any atom is -0.440 e. The summed E-state index contributed by atoms with van der Waals surface area (Å²) in [7, 11) is -0.722. The van der Waals surface area contributed by atoms with Gasteiger partial charge in [-0.05, 0) is 84.4 Å². The molecule has 3 heterocycles. The van der Waals surface area contributed by atoms with E-state index in [0.717, 1.165) is 37.1 Å². The van der Waals surface area contributed by atoms with Gasteiger partial charge >= 0.3 is 7.12 Å². The van der Waals surface area contributed by atoms with Crippen molar-refractivity contribution in [3.8, 4) is 0 Å². The Morgan fingerprint density at radius 3 is 2.25 bits per heavy atom. The number of nitrogens with one attached hydrogen (secondary N) is 1. The topological polar surface area (TPSA) is 63.9 Å². The molecule has 1 atom stereocenters. The SMILES string of the molecule is Cc1cc(C(C)Nc2c(F)cccc2B2OC(C)(C)C(C)(C)O2)c2oc(N3CCC(C)(C)CC3)c(C)c(=O)c2c1. The predicted octanol–water partition coefficient (Wildman–Crippen LogP) is 6.65. The van der Waals surface area contributed by atoms with Crippen LogP contribution >= 0.6 is 0 Å². The normalized spacial score (nSPS) is 20.6. The first-order chi connectivity index (χ1) is 18.6. The van der Waals surface area contributed by atoms with Crippen molar-refractivity contribution in [1.82, 2.24) is 0 Å². The maximum atomic E-state index is 15.4. The van der Waals surface area contributed by atoms with Crippen molar-refractivity contribution < 1.29 is 18.1 Å². The van der Waals surface area contributed by atoms with Gasteiger partial charge in [-0.25, -0.2) is 4.39 Å². The number of benzene rings is 2. The second-order valence-electron chi connectivity index (χ2n) is 13.4. The third kappa shape index (κ3) is 5.05. The van der Waals surface area contributed by atoms with Gasteiger partial charge in [0.25, 0.3) is 0 Å². The summed E-state index contributed by atoms with van der Waals surface area (Å²) < 4.78 is 34.5. The van der Waals surface area contributed by atoms with Gasteiger partial charge in [0, 0.05) is 24.1 Å². The van der Waals surface area contributed by atoms with E-state index >= 15 is 4.39 Å². The Morgan fingerprint density at radius 1 is 1.00 bits per heavy atom. The average molecular weight is 549 g/mol. The molecule has 2 aromatic carbocycles. The summed E-state index contributed by atoms with van der Waals surface area (Å²) in [5.74, 6) is 0.235. The first kappa shape index (κ1) is 28.7. The van der Waals surface area contributed by atoms with E-state index in [1.165, 1.54) is 6.07 Å². The standard InChI is InChI=1S/C32H42BFN2O4/c1-19-17-22(28-23(18-19)27(37)20(2)29(38-28)36-15-13-30(4,5)14-16-36)21(3)35-26-24(11-10-12-25(26)34)33-39-31(6,7)32(8,9)40-33/h10-12,17-18,21,35H,13-16H2,1-9H3. The lowest BCUT2D eigenvalue weighted by atomic mass is 9.77. The second kappa shape index (κ2) is 9.91. The van der Waals surface area contributed by atoms with Crippen molar-refractivity contribution in [1.29, 1.82) is 0 Å². The van der Waals surface area contributed by atoms with Crippen LogP contribution in [0.5, 0.6) is 0 Å². The van der Waals surface area contributed by atoms with Gasteiger partial charge in [0.2, 0.25) is 5.88 Å². The molecule has 2 aliphatic rings. The Hall–Kier alpha value is -2.84. The van der Waals surface area contributed by atoms with E-state index in [9.17, 15) is 4.79 Å². The van der Waals surface area contributed by atoms with Crippen molar-refractivity contribution in [2.24, 2.45) is 5.41 Å². The molecular weight excluding hydrogens is 506 g/mol. The van der Waals surface area contributed by atoms with Crippen LogP contribution in [0.2, 0.25) is 0 Å². The Balaban J connectivity index is 1.55. The molecule has 2 fully saturated rings. The van der Waals surface area contributed by atoms with Gasteiger partial charge < -0.3 is 23.9 Å². The van der Waals surface area contributed by atoms with Crippen LogP contribution in [0.15, 0.2) is 39.5 Å². The van der Waals surface area contributed by atoms with Crippen molar-refractivity contribution in [2.45, 2.75) is 92.4 Å². The van der Waals surface area contributed by atoms with E-state index in [1.54, 1.807) is 6.07 Å². The largest absolute Gasteiger partial charge is 0.497 e. The van der Waals surface area contributed by atoms with Gasteiger partial charge in [0.15, 0.2) is 5.43 Å². The molecule has 214 valence electrons. The highest BCUT2D eigenvalue weighted by atomic mass is 19.1. The maximum Gasteiger partial charge on any atom is 0.497 e. The third-order valence-corrected chi connectivity index (χ3v) is 9.15. The molecule has 0 amide bonds. The number of piperidine rings is 1. The van der Waals surface area contributed by atoms with Crippen LogP contribution in [0.1, 0.15) is 84.0 Å². The molecule has 1 aromatic heterocycles. The zero-order valence-corrected chi connectivity index (χ0v) is 25.3. The number of hydrogen-bond acceptors (Lipinski definition) is 6. The summed E-state index contributed by atoms with van der Waals surface area (Å²) in [4.78, 5) is 15.8. The number of halogens is 1. The molecule has 8 heteroatoms. The summed E-state index contributed by atoms with van der Waals surface area (Å²) in [5.41, 5.74) is 2.95.